The van der Waals surface area contributed by atoms with Crippen molar-refractivity contribution in [3.05, 3.63) is 59.7 Å². The van der Waals surface area contributed by atoms with E-state index in [1.54, 1.807) is 7.11 Å². The highest BCUT2D eigenvalue weighted by atomic mass is 16.5. The van der Waals surface area contributed by atoms with Gasteiger partial charge in [-0.05, 0) is 36.6 Å². The van der Waals surface area contributed by atoms with Crippen LogP contribution in [0.4, 0.5) is 0 Å². The number of benzene rings is 2. The molecule has 3 rings (SSSR count). The van der Waals surface area contributed by atoms with E-state index in [1.165, 1.54) is 10.5 Å². The number of piperidine rings is 1. The Morgan fingerprint density at radius 2 is 1.92 bits per heavy atom. The van der Waals surface area contributed by atoms with Gasteiger partial charge in [0.05, 0.1) is 13.7 Å². The van der Waals surface area contributed by atoms with Crippen molar-refractivity contribution in [3.8, 4) is 11.5 Å². The monoisotopic (exact) mass is 328 g/mol. The molecule has 1 heterocycles. The smallest absolute Gasteiger partial charge is 0.161 e. The molecule has 2 N–H and O–H groups in total. The minimum absolute atomic E-state index is 0.163. The average Bonchev–Trinajstić information content (AvgIpc) is 2.61. The summed E-state index contributed by atoms with van der Waals surface area (Å²) in [6, 6.07) is 16.2. The fourth-order valence-corrected chi connectivity index (χ4v) is 3.25. The molecule has 0 amide bonds. The summed E-state index contributed by atoms with van der Waals surface area (Å²) in [7, 11) is 1.67. The van der Waals surface area contributed by atoms with Gasteiger partial charge in [0, 0.05) is 5.56 Å². The SMILES string of the molecule is COc1cc(C[NH+]2CCC[C@H](O)C2)ccc1OCc1ccccc1. The Labute approximate surface area is 143 Å². The third kappa shape index (κ3) is 4.49. The fraction of sp³-hybridized carbons (Fsp3) is 0.400. The summed E-state index contributed by atoms with van der Waals surface area (Å²) in [4.78, 5) is 1.42. The van der Waals surface area contributed by atoms with Gasteiger partial charge in [0.1, 0.15) is 25.8 Å². The van der Waals surface area contributed by atoms with Crippen LogP contribution in [0.3, 0.4) is 0 Å². The summed E-state index contributed by atoms with van der Waals surface area (Å²) in [6.07, 6.45) is 1.86. The van der Waals surface area contributed by atoms with Crippen molar-refractivity contribution in [2.75, 3.05) is 20.2 Å². The number of hydrogen-bond acceptors (Lipinski definition) is 3. The molecule has 0 bridgehead atoms. The average molecular weight is 328 g/mol. The van der Waals surface area contributed by atoms with Crippen LogP contribution in [-0.2, 0) is 13.2 Å². The molecule has 1 unspecified atom stereocenters. The zero-order chi connectivity index (χ0) is 16.8. The van der Waals surface area contributed by atoms with Gasteiger partial charge in [-0.1, -0.05) is 30.3 Å². The maximum Gasteiger partial charge on any atom is 0.161 e. The highest BCUT2D eigenvalue weighted by Gasteiger charge is 2.21. The minimum atomic E-state index is -0.163. The maximum atomic E-state index is 9.82. The molecule has 4 nitrogen and oxygen atoms in total. The van der Waals surface area contributed by atoms with Gasteiger partial charge < -0.3 is 19.5 Å². The maximum absolute atomic E-state index is 9.82. The second-order valence-electron chi connectivity index (χ2n) is 6.44. The molecule has 0 radical (unpaired) electrons. The largest absolute Gasteiger partial charge is 0.493 e. The van der Waals surface area contributed by atoms with Crippen LogP contribution in [0.2, 0.25) is 0 Å². The Kier molecular flexibility index (Phi) is 5.72. The molecule has 1 saturated heterocycles. The molecule has 2 aromatic carbocycles. The Morgan fingerprint density at radius 3 is 2.67 bits per heavy atom. The van der Waals surface area contributed by atoms with Crippen molar-refractivity contribution in [1.29, 1.82) is 0 Å². The van der Waals surface area contributed by atoms with E-state index in [9.17, 15) is 5.11 Å². The zero-order valence-corrected chi connectivity index (χ0v) is 14.2. The summed E-state index contributed by atoms with van der Waals surface area (Å²) in [5.41, 5.74) is 2.35. The van der Waals surface area contributed by atoms with E-state index >= 15 is 0 Å². The van der Waals surface area contributed by atoms with E-state index < -0.39 is 0 Å². The lowest BCUT2D eigenvalue weighted by Gasteiger charge is -2.27. The molecule has 0 spiro atoms. The Bertz CT molecular complexity index is 645. The molecular weight excluding hydrogens is 302 g/mol. The predicted molar refractivity (Wildman–Crippen MR) is 93.4 cm³/mol. The predicted octanol–water partition coefficient (Wildman–Crippen LogP) is 1.81. The number of methoxy groups -OCH3 is 1. The van der Waals surface area contributed by atoms with Crippen molar-refractivity contribution >= 4 is 0 Å². The first-order valence-corrected chi connectivity index (χ1v) is 8.60. The first-order valence-electron chi connectivity index (χ1n) is 8.60. The number of hydrogen-bond donors (Lipinski definition) is 2. The third-order valence-corrected chi connectivity index (χ3v) is 4.51. The molecule has 2 aromatic rings. The molecular formula is C20H26NO3+. The lowest BCUT2D eigenvalue weighted by Crippen LogP contribution is -3.12. The minimum Gasteiger partial charge on any atom is -0.493 e. The van der Waals surface area contributed by atoms with Gasteiger partial charge in [0.15, 0.2) is 11.5 Å². The summed E-state index contributed by atoms with van der Waals surface area (Å²) in [5.74, 6) is 1.53. The van der Waals surface area contributed by atoms with Crippen LogP contribution in [0.25, 0.3) is 0 Å². The molecule has 128 valence electrons. The number of rotatable bonds is 6. The molecule has 2 atom stereocenters. The van der Waals surface area contributed by atoms with Crippen LogP contribution in [0, 0.1) is 0 Å². The van der Waals surface area contributed by atoms with Gasteiger partial charge in [0.25, 0.3) is 0 Å². The lowest BCUT2D eigenvalue weighted by molar-refractivity contribution is -0.921. The van der Waals surface area contributed by atoms with Crippen LogP contribution in [0.5, 0.6) is 11.5 Å². The van der Waals surface area contributed by atoms with Crippen LogP contribution in [0.15, 0.2) is 48.5 Å². The van der Waals surface area contributed by atoms with Crippen molar-refractivity contribution in [2.45, 2.75) is 32.1 Å². The summed E-state index contributed by atoms with van der Waals surface area (Å²) in [5, 5.41) is 9.82. The number of nitrogens with one attached hydrogen (secondary N) is 1. The van der Waals surface area contributed by atoms with Crippen molar-refractivity contribution in [1.82, 2.24) is 0 Å². The van der Waals surface area contributed by atoms with E-state index in [0.29, 0.717) is 6.61 Å². The molecule has 1 aliphatic rings. The van der Waals surface area contributed by atoms with E-state index in [1.807, 2.05) is 42.5 Å². The second-order valence-corrected chi connectivity index (χ2v) is 6.44. The lowest BCUT2D eigenvalue weighted by atomic mass is 10.1. The van der Waals surface area contributed by atoms with E-state index in [-0.39, 0.29) is 6.10 Å². The van der Waals surface area contributed by atoms with E-state index in [2.05, 4.69) is 6.07 Å². The van der Waals surface area contributed by atoms with Crippen LogP contribution in [-0.4, -0.2) is 31.4 Å². The Hall–Kier alpha value is -2.04. The number of aliphatic hydroxyl groups is 1. The Balaban J connectivity index is 1.64. The van der Waals surface area contributed by atoms with Gasteiger partial charge in [-0.2, -0.15) is 0 Å². The number of ether oxygens (including phenoxy) is 2. The zero-order valence-electron chi connectivity index (χ0n) is 14.2. The summed E-state index contributed by atoms with van der Waals surface area (Å²) in [6.45, 7) is 3.38. The third-order valence-electron chi connectivity index (χ3n) is 4.51. The molecule has 0 aromatic heterocycles. The van der Waals surface area contributed by atoms with Crippen LogP contribution in [0.1, 0.15) is 24.0 Å². The highest BCUT2D eigenvalue weighted by Crippen LogP contribution is 2.28. The van der Waals surface area contributed by atoms with Crippen LogP contribution < -0.4 is 14.4 Å². The van der Waals surface area contributed by atoms with Crippen molar-refractivity contribution < 1.29 is 19.5 Å². The molecule has 0 aliphatic carbocycles. The number of aliphatic hydroxyl groups excluding tert-OH is 1. The molecule has 0 saturated carbocycles. The summed E-state index contributed by atoms with van der Waals surface area (Å²) >= 11 is 0. The molecule has 1 fully saturated rings. The van der Waals surface area contributed by atoms with Gasteiger partial charge in [0.2, 0.25) is 0 Å². The van der Waals surface area contributed by atoms with Gasteiger partial charge in [-0.3, -0.25) is 0 Å². The topological polar surface area (TPSA) is 43.1 Å². The Morgan fingerprint density at radius 1 is 1.08 bits per heavy atom. The molecule has 24 heavy (non-hydrogen) atoms. The standard InChI is InChI=1S/C20H25NO3/c1-23-20-12-17(13-21-11-5-8-18(22)14-21)9-10-19(20)24-15-16-6-3-2-4-7-16/h2-4,6-7,9-10,12,18,22H,5,8,11,13-15H2,1H3/p+1/t18-/m0/s1. The molecule has 4 heteroatoms. The van der Waals surface area contributed by atoms with Crippen molar-refractivity contribution in [2.24, 2.45) is 0 Å². The van der Waals surface area contributed by atoms with Gasteiger partial charge in [-0.25, -0.2) is 0 Å². The number of likely N-dealkylation sites (tertiary alicyclic amines) is 1. The van der Waals surface area contributed by atoms with Gasteiger partial charge in [-0.15, -0.1) is 0 Å². The van der Waals surface area contributed by atoms with Crippen LogP contribution >= 0.6 is 0 Å². The summed E-state index contributed by atoms with van der Waals surface area (Å²) < 4.78 is 11.4. The van der Waals surface area contributed by atoms with Gasteiger partial charge >= 0.3 is 0 Å². The first-order chi connectivity index (χ1) is 11.7. The fourth-order valence-electron chi connectivity index (χ4n) is 3.25. The van der Waals surface area contributed by atoms with Crippen molar-refractivity contribution in [3.63, 3.8) is 0 Å². The highest BCUT2D eigenvalue weighted by molar-refractivity contribution is 5.42. The van der Waals surface area contributed by atoms with E-state index in [0.717, 1.165) is 49.5 Å². The quantitative estimate of drug-likeness (QED) is 0.850. The molecule has 1 aliphatic heterocycles. The normalized spacial score (nSPS) is 20.6. The second kappa shape index (κ2) is 8.18. The van der Waals surface area contributed by atoms with E-state index in [4.69, 9.17) is 9.47 Å². The number of quaternary nitrogens is 1. The first kappa shape index (κ1) is 16.8.